The molecule has 11 heteroatoms. The molecule has 7 nitrogen and oxygen atoms in total. The van der Waals surface area contributed by atoms with Crippen LogP contribution in [-0.2, 0) is 19.0 Å². The molecule has 0 radical (unpaired) electrons. The van der Waals surface area contributed by atoms with Crippen molar-refractivity contribution >= 4 is 23.3 Å². The smallest absolute Gasteiger partial charge is 0.336 e. The van der Waals surface area contributed by atoms with Gasteiger partial charge in [-0.25, -0.2) is 4.98 Å². The van der Waals surface area contributed by atoms with Gasteiger partial charge in [0, 0.05) is 43.3 Å². The van der Waals surface area contributed by atoms with E-state index < -0.39 is 11.9 Å². The number of piperazine rings is 1. The molecule has 4 aromatic rings. The molecule has 4 heterocycles. The minimum atomic E-state index is -4.55. The van der Waals surface area contributed by atoms with Gasteiger partial charge in [0.25, 0.3) is 11.5 Å². The zero-order valence-corrected chi connectivity index (χ0v) is 25.9. The highest BCUT2D eigenvalue weighted by molar-refractivity contribution is 7.13. The van der Waals surface area contributed by atoms with Crippen LogP contribution in [0.3, 0.4) is 0 Å². The molecule has 3 aromatic heterocycles. The quantitative estimate of drug-likeness (QED) is 0.251. The summed E-state index contributed by atoms with van der Waals surface area (Å²) in [6.45, 7) is 10.3. The fourth-order valence-electron chi connectivity index (χ4n) is 5.38. The number of nitrogens with zero attached hydrogens (tertiary/aromatic N) is 4. The Hall–Kier alpha value is -4.09. The van der Waals surface area contributed by atoms with Crippen molar-refractivity contribution in [3.8, 4) is 27.5 Å². The molecule has 1 aromatic carbocycles. The molecule has 230 valence electrons. The first kappa shape index (κ1) is 31.3. The number of rotatable bonds is 7. The number of carbonyl (C=O) groups is 1. The minimum absolute atomic E-state index is 0.176. The topological polar surface area (TPSA) is 80.1 Å². The summed E-state index contributed by atoms with van der Waals surface area (Å²) in [5.41, 5.74) is 4.26. The molecule has 5 rings (SSSR count). The van der Waals surface area contributed by atoms with E-state index in [4.69, 9.17) is 0 Å². The predicted molar refractivity (Wildman–Crippen MR) is 168 cm³/mol. The molecular weight excluding hydrogens is 587 g/mol. The highest BCUT2D eigenvalue weighted by atomic mass is 32.1. The van der Waals surface area contributed by atoms with Gasteiger partial charge in [0.1, 0.15) is 10.7 Å². The Bertz CT molecular complexity index is 1740. The lowest BCUT2D eigenvalue weighted by atomic mass is 9.99. The minimum Gasteiger partial charge on any atom is -0.336 e. The standard InChI is InChI=1S/C33H34F3N5O2S/c1-5-21-8-7-9-22(6-2)29(21)41-27(16-20(3)4)24(31(42)40-14-12-37-13-15-40)17-25(32(41)43)30-39-26(19-44-30)23-10-11-28(38-18-23)33(34,35)36/h7-11,16-19,37H,5-6,12-15H2,1-4H3. The normalized spacial score (nSPS) is 13.7. The number of allylic oxidation sites excluding steroid dienone is 1. The largest absolute Gasteiger partial charge is 0.433 e. The summed E-state index contributed by atoms with van der Waals surface area (Å²) >= 11 is 1.20. The zero-order valence-electron chi connectivity index (χ0n) is 25.1. The second-order valence-electron chi connectivity index (χ2n) is 10.9. The maximum Gasteiger partial charge on any atom is 0.433 e. The summed E-state index contributed by atoms with van der Waals surface area (Å²) in [7, 11) is 0. The van der Waals surface area contributed by atoms with Crippen LogP contribution in [0.2, 0.25) is 0 Å². The molecule has 0 aliphatic carbocycles. The van der Waals surface area contributed by atoms with Crippen LogP contribution in [0, 0.1) is 0 Å². The SMILES string of the molecule is CCc1cccc(CC)c1-n1c(C=C(C)C)c(C(=O)N2CCNCC2)cc(-c2nc(-c3ccc(C(F)(F)F)nc3)cs2)c1=O. The molecule has 0 spiro atoms. The van der Waals surface area contributed by atoms with Crippen LogP contribution >= 0.6 is 11.3 Å². The van der Waals surface area contributed by atoms with Crippen LogP contribution in [0.15, 0.2) is 58.3 Å². The Morgan fingerprint density at radius 2 is 1.75 bits per heavy atom. The average Bonchev–Trinajstić information content (AvgIpc) is 3.51. The van der Waals surface area contributed by atoms with E-state index in [0.29, 0.717) is 66.5 Å². The predicted octanol–water partition coefficient (Wildman–Crippen LogP) is 6.64. The number of hydrogen-bond acceptors (Lipinski definition) is 6. The van der Waals surface area contributed by atoms with E-state index in [1.165, 1.54) is 17.4 Å². The third kappa shape index (κ3) is 6.25. The average molecular weight is 622 g/mol. The number of amides is 1. The molecule has 0 bridgehead atoms. The second-order valence-corrected chi connectivity index (χ2v) is 11.7. The van der Waals surface area contributed by atoms with Gasteiger partial charge in [-0.3, -0.25) is 19.1 Å². The van der Waals surface area contributed by atoms with Crippen LogP contribution in [0.1, 0.15) is 60.6 Å². The first-order valence-corrected chi connectivity index (χ1v) is 15.5. The lowest BCUT2D eigenvalue weighted by molar-refractivity contribution is -0.141. The van der Waals surface area contributed by atoms with Crippen LogP contribution < -0.4 is 10.9 Å². The Labute approximate surface area is 258 Å². The fourth-order valence-corrected chi connectivity index (χ4v) is 6.21. The van der Waals surface area contributed by atoms with Crippen molar-refractivity contribution in [1.82, 2.24) is 24.8 Å². The number of halogens is 3. The third-order valence-electron chi connectivity index (χ3n) is 7.57. The molecule has 1 saturated heterocycles. The Morgan fingerprint density at radius 1 is 1.07 bits per heavy atom. The summed E-state index contributed by atoms with van der Waals surface area (Å²) in [6.07, 6.45) is -0.186. The van der Waals surface area contributed by atoms with Gasteiger partial charge in [-0.15, -0.1) is 11.3 Å². The summed E-state index contributed by atoms with van der Waals surface area (Å²) < 4.78 is 40.9. The molecule has 0 unspecified atom stereocenters. The highest BCUT2D eigenvalue weighted by Gasteiger charge is 2.32. The number of pyridine rings is 2. The molecule has 1 aliphatic heterocycles. The van der Waals surface area contributed by atoms with E-state index in [9.17, 15) is 22.8 Å². The van der Waals surface area contributed by atoms with Gasteiger partial charge in [-0.1, -0.05) is 37.6 Å². The van der Waals surface area contributed by atoms with Gasteiger partial charge in [-0.05, 0) is 62.1 Å². The molecule has 1 amide bonds. The lowest BCUT2D eigenvalue weighted by Gasteiger charge is -2.29. The van der Waals surface area contributed by atoms with Crippen molar-refractivity contribution in [2.45, 2.75) is 46.7 Å². The number of thiazole rings is 1. The Balaban J connectivity index is 1.77. The number of nitrogens with one attached hydrogen (secondary N) is 1. The van der Waals surface area contributed by atoms with E-state index in [1.54, 1.807) is 20.9 Å². The van der Waals surface area contributed by atoms with E-state index in [2.05, 4.69) is 15.3 Å². The fraction of sp³-hybridized carbons (Fsp3) is 0.333. The molecular formula is C33H34F3N5O2S. The number of para-hydroxylation sites is 1. The number of alkyl halides is 3. The second kappa shape index (κ2) is 12.9. The number of aryl methyl sites for hydroxylation is 2. The van der Waals surface area contributed by atoms with Gasteiger partial charge < -0.3 is 10.2 Å². The van der Waals surface area contributed by atoms with Crippen LogP contribution in [0.25, 0.3) is 33.6 Å². The summed E-state index contributed by atoms with van der Waals surface area (Å²) in [6, 6.07) is 9.83. The monoisotopic (exact) mass is 621 g/mol. The van der Waals surface area contributed by atoms with Crippen LogP contribution in [-0.4, -0.2) is 51.5 Å². The third-order valence-corrected chi connectivity index (χ3v) is 8.45. The van der Waals surface area contributed by atoms with E-state index >= 15 is 0 Å². The van der Waals surface area contributed by atoms with Gasteiger partial charge >= 0.3 is 6.18 Å². The van der Waals surface area contributed by atoms with E-state index in [-0.39, 0.29) is 17.0 Å². The Morgan fingerprint density at radius 3 is 2.32 bits per heavy atom. The van der Waals surface area contributed by atoms with Crippen molar-refractivity contribution in [3.05, 3.63) is 92.0 Å². The number of carbonyl (C=O) groups excluding carboxylic acids is 1. The maximum absolute atomic E-state index is 14.6. The molecule has 1 N–H and O–H groups in total. The van der Waals surface area contributed by atoms with E-state index in [0.717, 1.165) is 34.7 Å². The summed E-state index contributed by atoms with van der Waals surface area (Å²) in [5, 5.41) is 5.32. The number of benzene rings is 1. The van der Waals surface area contributed by atoms with E-state index in [1.807, 2.05) is 52.0 Å². The maximum atomic E-state index is 14.6. The summed E-state index contributed by atoms with van der Waals surface area (Å²) in [4.78, 5) is 38.8. The van der Waals surface area contributed by atoms with Crippen molar-refractivity contribution in [1.29, 1.82) is 0 Å². The number of aromatic nitrogens is 3. The van der Waals surface area contributed by atoms with Crippen LogP contribution in [0.4, 0.5) is 13.2 Å². The first-order chi connectivity index (χ1) is 21.0. The summed E-state index contributed by atoms with van der Waals surface area (Å²) in [5.74, 6) is -0.176. The lowest BCUT2D eigenvalue weighted by Crippen LogP contribution is -2.47. The zero-order chi connectivity index (χ0) is 31.6. The molecule has 1 aliphatic rings. The van der Waals surface area contributed by atoms with Crippen LogP contribution in [0.5, 0.6) is 0 Å². The molecule has 0 atom stereocenters. The highest BCUT2D eigenvalue weighted by Crippen LogP contribution is 2.33. The van der Waals surface area contributed by atoms with Crippen molar-refractivity contribution in [2.24, 2.45) is 0 Å². The van der Waals surface area contributed by atoms with Gasteiger partial charge in [-0.2, -0.15) is 13.2 Å². The van der Waals surface area contributed by atoms with Gasteiger partial charge in [0.15, 0.2) is 0 Å². The number of hydrogen-bond donors (Lipinski definition) is 1. The Kier molecular flexibility index (Phi) is 9.17. The molecule has 1 fully saturated rings. The van der Waals surface area contributed by atoms with Gasteiger partial charge in [0.05, 0.1) is 28.2 Å². The first-order valence-electron chi connectivity index (χ1n) is 14.6. The van der Waals surface area contributed by atoms with Gasteiger partial charge in [0.2, 0.25) is 0 Å². The molecule has 0 saturated carbocycles. The van der Waals surface area contributed by atoms with Crippen molar-refractivity contribution in [3.63, 3.8) is 0 Å². The molecule has 44 heavy (non-hydrogen) atoms. The van der Waals surface area contributed by atoms with Crippen molar-refractivity contribution < 1.29 is 18.0 Å². The van der Waals surface area contributed by atoms with Crippen molar-refractivity contribution in [2.75, 3.05) is 26.2 Å².